The molecular weight excluding hydrogens is 339 g/mol. The molecule has 2 rings (SSSR count). The van der Waals surface area contributed by atoms with E-state index in [4.69, 9.17) is 11.6 Å². The van der Waals surface area contributed by atoms with Crippen molar-refractivity contribution in [2.75, 3.05) is 19.6 Å². The summed E-state index contributed by atoms with van der Waals surface area (Å²) in [5, 5.41) is 5.93. The van der Waals surface area contributed by atoms with Gasteiger partial charge in [0.2, 0.25) is 10.0 Å². The largest absolute Gasteiger partial charge is 0.316 e. The molecule has 0 aliphatic heterocycles. The molecule has 112 valence electrons. The third kappa shape index (κ3) is 4.07. The van der Waals surface area contributed by atoms with E-state index in [2.05, 4.69) is 10.0 Å². The average molecular weight is 355 g/mol. The molecule has 0 spiro atoms. The summed E-state index contributed by atoms with van der Waals surface area (Å²) in [6.07, 6.45) is 0. The van der Waals surface area contributed by atoms with Crippen molar-refractivity contribution in [2.45, 2.75) is 11.8 Å². The Kier molecular flexibility index (Phi) is 6.71. The summed E-state index contributed by atoms with van der Waals surface area (Å²) in [5.74, 6) is 0. The number of fused-ring (bicyclic) bond motifs is 1. The Hall–Kier alpha value is -0.370. The SMILES string of the molecule is CCNCCNS(=O)(=O)c1csc2ccc(Cl)cc12.Cl. The topological polar surface area (TPSA) is 58.2 Å². The first-order chi connectivity index (χ1) is 9.04. The molecule has 4 nitrogen and oxygen atoms in total. The Bertz CT molecular complexity index is 671. The van der Waals surface area contributed by atoms with Gasteiger partial charge in [-0.3, -0.25) is 0 Å². The lowest BCUT2D eigenvalue weighted by Crippen LogP contribution is -2.31. The maximum Gasteiger partial charge on any atom is 0.242 e. The normalized spacial score (nSPS) is 11.5. The Balaban J connectivity index is 0.00000200. The van der Waals surface area contributed by atoms with Crippen molar-refractivity contribution in [3.63, 3.8) is 0 Å². The van der Waals surface area contributed by atoms with E-state index in [0.29, 0.717) is 28.4 Å². The first-order valence-corrected chi connectivity index (χ1v) is 8.66. The Morgan fingerprint density at radius 1 is 1.30 bits per heavy atom. The monoisotopic (exact) mass is 354 g/mol. The summed E-state index contributed by atoms with van der Waals surface area (Å²) < 4.78 is 27.9. The molecule has 2 N–H and O–H groups in total. The van der Waals surface area contributed by atoms with Gasteiger partial charge >= 0.3 is 0 Å². The van der Waals surface area contributed by atoms with Gasteiger partial charge < -0.3 is 5.32 Å². The first-order valence-electron chi connectivity index (χ1n) is 5.91. The van der Waals surface area contributed by atoms with E-state index in [-0.39, 0.29) is 12.4 Å². The van der Waals surface area contributed by atoms with Crippen LogP contribution in [-0.4, -0.2) is 28.1 Å². The van der Waals surface area contributed by atoms with Gasteiger partial charge in [0.05, 0.1) is 0 Å². The molecule has 1 aromatic carbocycles. The van der Waals surface area contributed by atoms with Gasteiger partial charge in [-0.25, -0.2) is 13.1 Å². The third-order valence-electron chi connectivity index (χ3n) is 2.63. The van der Waals surface area contributed by atoms with Crippen LogP contribution >= 0.6 is 35.3 Å². The highest BCUT2D eigenvalue weighted by atomic mass is 35.5. The minimum Gasteiger partial charge on any atom is -0.316 e. The van der Waals surface area contributed by atoms with E-state index < -0.39 is 10.0 Å². The molecule has 0 radical (unpaired) electrons. The maximum absolute atomic E-state index is 12.2. The Morgan fingerprint density at radius 2 is 2.05 bits per heavy atom. The number of rotatable bonds is 6. The lowest BCUT2D eigenvalue weighted by Gasteiger charge is -2.06. The number of benzene rings is 1. The predicted octanol–water partition coefficient (Wildman–Crippen LogP) is 2.86. The van der Waals surface area contributed by atoms with Crippen molar-refractivity contribution in [2.24, 2.45) is 0 Å². The van der Waals surface area contributed by atoms with Gasteiger partial charge in [0, 0.05) is 33.6 Å². The summed E-state index contributed by atoms with van der Waals surface area (Å²) in [5.41, 5.74) is 0. The van der Waals surface area contributed by atoms with Crippen molar-refractivity contribution >= 4 is 55.5 Å². The zero-order valence-electron chi connectivity index (χ0n) is 10.8. The lowest BCUT2D eigenvalue weighted by atomic mass is 10.3. The molecule has 0 unspecified atom stereocenters. The highest BCUT2D eigenvalue weighted by molar-refractivity contribution is 7.90. The fraction of sp³-hybridized carbons (Fsp3) is 0.333. The second-order valence-corrected chi connectivity index (χ2v) is 7.07. The van der Waals surface area contributed by atoms with Crippen LogP contribution in [0.4, 0.5) is 0 Å². The first kappa shape index (κ1) is 17.7. The number of halogens is 2. The van der Waals surface area contributed by atoms with Crippen LogP contribution in [0.15, 0.2) is 28.5 Å². The van der Waals surface area contributed by atoms with Gasteiger partial charge in [-0.1, -0.05) is 18.5 Å². The number of likely N-dealkylation sites (N-methyl/N-ethyl adjacent to an activating group) is 1. The van der Waals surface area contributed by atoms with Crippen LogP contribution in [0.1, 0.15) is 6.92 Å². The van der Waals surface area contributed by atoms with Crippen LogP contribution in [0.5, 0.6) is 0 Å². The molecule has 8 heteroatoms. The van der Waals surface area contributed by atoms with Gasteiger partial charge in [-0.15, -0.1) is 23.7 Å². The average Bonchev–Trinajstić information content (AvgIpc) is 2.78. The summed E-state index contributed by atoms with van der Waals surface area (Å²) in [6.45, 7) is 3.77. The van der Waals surface area contributed by atoms with Gasteiger partial charge in [-0.05, 0) is 24.7 Å². The summed E-state index contributed by atoms with van der Waals surface area (Å²) in [4.78, 5) is 0.298. The summed E-state index contributed by atoms with van der Waals surface area (Å²) in [6, 6.07) is 5.28. The molecule has 0 saturated carbocycles. The second kappa shape index (κ2) is 7.59. The Labute approximate surface area is 134 Å². The van der Waals surface area contributed by atoms with Crippen LogP contribution in [-0.2, 0) is 10.0 Å². The third-order valence-corrected chi connectivity index (χ3v) is 5.48. The van der Waals surface area contributed by atoms with Crippen LogP contribution in [0.25, 0.3) is 10.1 Å². The van der Waals surface area contributed by atoms with Gasteiger partial charge in [0.25, 0.3) is 0 Å². The summed E-state index contributed by atoms with van der Waals surface area (Å²) >= 11 is 7.32. The van der Waals surface area contributed by atoms with Crippen molar-refractivity contribution in [1.29, 1.82) is 0 Å². The smallest absolute Gasteiger partial charge is 0.242 e. The number of thiophene rings is 1. The number of hydrogen-bond acceptors (Lipinski definition) is 4. The molecular formula is C12H16Cl2N2O2S2. The molecule has 0 aliphatic rings. The van der Waals surface area contributed by atoms with Crippen LogP contribution in [0, 0.1) is 0 Å². The van der Waals surface area contributed by atoms with Gasteiger partial charge in [0.15, 0.2) is 0 Å². The van der Waals surface area contributed by atoms with Crippen molar-refractivity contribution in [1.82, 2.24) is 10.0 Å². The van der Waals surface area contributed by atoms with Gasteiger partial charge in [0.1, 0.15) is 4.90 Å². The van der Waals surface area contributed by atoms with E-state index in [1.54, 1.807) is 17.5 Å². The molecule has 0 fully saturated rings. The van der Waals surface area contributed by atoms with E-state index >= 15 is 0 Å². The van der Waals surface area contributed by atoms with Crippen LogP contribution in [0.2, 0.25) is 5.02 Å². The fourth-order valence-electron chi connectivity index (χ4n) is 1.71. The van der Waals surface area contributed by atoms with Crippen molar-refractivity contribution in [3.05, 3.63) is 28.6 Å². The van der Waals surface area contributed by atoms with Crippen molar-refractivity contribution < 1.29 is 8.42 Å². The second-order valence-electron chi connectivity index (χ2n) is 3.99. The zero-order chi connectivity index (χ0) is 13.9. The maximum atomic E-state index is 12.2. The number of nitrogens with one attached hydrogen (secondary N) is 2. The van der Waals surface area contributed by atoms with E-state index in [1.165, 1.54) is 11.3 Å². The molecule has 0 aliphatic carbocycles. The molecule has 0 saturated heterocycles. The lowest BCUT2D eigenvalue weighted by molar-refractivity contribution is 0.578. The predicted molar refractivity (Wildman–Crippen MR) is 87.8 cm³/mol. The summed E-state index contributed by atoms with van der Waals surface area (Å²) in [7, 11) is -3.48. The zero-order valence-corrected chi connectivity index (χ0v) is 14.1. The quantitative estimate of drug-likeness (QED) is 0.784. The molecule has 0 bridgehead atoms. The molecule has 1 aromatic heterocycles. The molecule has 0 atom stereocenters. The molecule has 2 aromatic rings. The van der Waals surface area contributed by atoms with Crippen LogP contribution in [0.3, 0.4) is 0 Å². The van der Waals surface area contributed by atoms with Gasteiger partial charge in [-0.2, -0.15) is 0 Å². The standard InChI is InChI=1S/C12H15ClN2O2S2.ClH/c1-2-14-5-6-15-19(16,17)12-8-18-11-4-3-9(13)7-10(11)12;/h3-4,7-8,14-15H,2,5-6H2,1H3;1H. The highest BCUT2D eigenvalue weighted by Crippen LogP contribution is 2.31. The van der Waals surface area contributed by atoms with Crippen molar-refractivity contribution in [3.8, 4) is 0 Å². The van der Waals surface area contributed by atoms with Crippen LogP contribution < -0.4 is 10.0 Å². The minimum atomic E-state index is -3.48. The van der Waals surface area contributed by atoms with E-state index in [1.807, 2.05) is 13.0 Å². The highest BCUT2D eigenvalue weighted by Gasteiger charge is 2.18. The minimum absolute atomic E-state index is 0. The molecule has 1 heterocycles. The van der Waals surface area contributed by atoms with E-state index in [9.17, 15) is 8.42 Å². The molecule has 0 amide bonds. The number of sulfonamides is 1. The fourth-order valence-corrected chi connectivity index (χ4v) is 4.39. The molecule has 20 heavy (non-hydrogen) atoms. The Morgan fingerprint density at radius 3 is 2.75 bits per heavy atom. The number of hydrogen-bond donors (Lipinski definition) is 2. The van der Waals surface area contributed by atoms with E-state index in [0.717, 1.165) is 11.2 Å².